The van der Waals surface area contributed by atoms with Crippen molar-refractivity contribution in [2.45, 2.75) is 25.2 Å². The van der Waals surface area contributed by atoms with Crippen LogP contribution < -0.4 is 0 Å². The number of allylic oxidation sites excluding steroid dienone is 1. The molecule has 0 saturated heterocycles. The van der Waals surface area contributed by atoms with Gasteiger partial charge in [0.25, 0.3) is 0 Å². The molecule has 29 heavy (non-hydrogen) atoms. The maximum Gasteiger partial charge on any atom is 0.233 e. The number of thioether (sulfide) groups is 1. The number of benzene rings is 2. The molecule has 2 aromatic carbocycles. The molecular formula is C22H23ClN4OS. The van der Waals surface area contributed by atoms with Crippen molar-refractivity contribution in [1.82, 2.24) is 19.7 Å². The summed E-state index contributed by atoms with van der Waals surface area (Å²) >= 11 is 7.36. The molecule has 0 saturated carbocycles. The smallest absolute Gasteiger partial charge is 0.233 e. The van der Waals surface area contributed by atoms with Crippen LogP contribution in [-0.2, 0) is 17.9 Å². The number of hydrogen-bond donors (Lipinski definition) is 0. The number of amides is 1. The van der Waals surface area contributed by atoms with Crippen LogP contribution in [0.1, 0.15) is 11.1 Å². The molecule has 0 aliphatic rings. The monoisotopic (exact) mass is 426 g/mol. The molecule has 5 nitrogen and oxygen atoms in total. The number of halogens is 1. The lowest BCUT2D eigenvalue weighted by molar-refractivity contribution is -0.127. The average molecular weight is 427 g/mol. The van der Waals surface area contributed by atoms with Crippen molar-refractivity contribution in [3.63, 3.8) is 0 Å². The molecule has 0 unspecified atom stereocenters. The second-order valence-electron chi connectivity index (χ2n) is 6.68. The topological polar surface area (TPSA) is 51.0 Å². The Morgan fingerprint density at radius 1 is 1.21 bits per heavy atom. The van der Waals surface area contributed by atoms with Gasteiger partial charge in [0.15, 0.2) is 11.0 Å². The van der Waals surface area contributed by atoms with Gasteiger partial charge in [0, 0.05) is 30.7 Å². The maximum atomic E-state index is 12.6. The first-order valence-electron chi connectivity index (χ1n) is 9.21. The summed E-state index contributed by atoms with van der Waals surface area (Å²) in [5, 5.41) is 9.96. The molecule has 0 bridgehead atoms. The summed E-state index contributed by atoms with van der Waals surface area (Å²) in [7, 11) is 1.82. The van der Waals surface area contributed by atoms with Crippen molar-refractivity contribution in [1.29, 1.82) is 0 Å². The molecule has 0 fully saturated rings. The second-order valence-corrected chi connectivity index (χ2v) is 8.06. The van der Waals surface area contributed by atoms with E-state index in [1.165, 1.54) is 17.3 Å². The first kappa shape index (κ1) is 21.1. The fourth-order valence-corrected chi connectivity index (χ4v) is 3.88. The molecule has 0 aliphatic heterocycles. The molecule has 0 aliphatic carbocycles. The molecule has 150 valence electrons. The van der Waals surface area contributed by atoms with Crippen molar-refractivity contribution in [3.05, 3.63) is 77.3 Å². The van der Waals surface area contributed by atoms with E-state index in [0.29, 0.717) is 23.3 Å². The van der Waals surface area contributed by atoms with Gasteiger partial charge in [-0.05, 0) is 42.3 Å². The summed E-state index contributed by atoms with van der Waals surface area (Å²) in [4.78, 5) is 14.4. The average Bonchev–Trinajstić information content (AvgIpc) is 3.11. The van der Waals surface area contributed by atoms with Gasteiger partial charge in [-0.1, -0.05) is 53.7 Å². The highest BCUT2D eigenvalue weighted by Crippen LogP contribution is 2.25. The summed E-state index contributed by atoms with van der Waals surface area (Å²) in [5.74, 6) is 1.06. The summed E-state index contributed by atoms with van der Waals surface area (Å²) in [5.41, 5.74) is 3.24. The van der Waals surface area contributed by atoms with Gasteiger partial charge in [0.05, 0.1) is 5.75 Å². The van der Waals surface area contributed by atoms with Crippen LogP contribution in [-0.4, -0.2) is 38.4 Å². The Labute approximate surface area is 180 Å². The van der Waals surface area contributed by atoms with Gasteiger partial charge in [-0.3, -0.25) is 9.36 Å². The van der Waals surface area contributed by atoms with E-state index < -0.39 is 0 Å². The zero-order valence-electron chi connectivity index (χ0n) is 16.5. The van der Waals surface area contributed by atoms with Crippen LogP contribution in [0, 0.1) is 6.92 Å². The Morgan fingerprint density at radius 3 is 2.62 bits per heavy atom. The minimum absolute atomic E-state index is 0.0412. The van der Waals surface area contributed by atoms with Crippen molar-refractivity contribution in [2.24, 2.45) is 0 Å². The van der Waals surface area contributed by atoms with Crippen LogP contribution in [0.15, 0.2) is 66.3 Å². The lowest BCUT2D eigenvalue weighted by Crippen LogP contribution is -2.28. The number of nitrogens with zero attached hydrogens (tertiary/aromatic N) is 4. The third-order valence-electron chi connectivity index (χ3n) is 4.55. The van der Waals surface area contributed by atoms with Gasteiger partial charge < -0.3 is 4.90 Å². The first-order chi connectivity index (χ1) is 14.0. The largest absolute Gasteiger partial charge is 0.341 e. The van der Waals surface area contributed by atoms with Crippen LogP contribution in [0.5, 0.6) is 0 Å². The van der Waals surface area contributed by atoms with E-state index in [0.717, 1.165) is 17.0 Å². The van der Waals surface area contributed by atoms with Crippen LogP contribution >= 0.6 is 23.4 Å². The standard InChI is InChI=1S/C22H23ClN4OS/c1-4-13-27-21(17-9-11-19(23)12-10-17)24-25-22(27)29-15-20(28)26(3)14-18-8-6-5-7-16(18)2/h4-12H,1,13-15H2,2-3H3. The fourth-order valence-electron chi connectivity index (χ4n) is 2.87. The number of hydrogen-bond acceptors (Lipinski definition) is 4. The van der Waals surface area contributed by atoms with Crippen LogP contribution in [0.2, 0.25) is 5.02 Å². The number of carbonyl (C=O) groups is 1. The van der Waals surface area contributed by atoms with Gasteiger partial charge in [-0.25, -0.2) is 0 Å². The zero-order chi connectivity index (χ0) is 20.8. The minimum Gasteiger partial charge on any atom is -0.341 e. The molecule has 3 rings (SSSR count). The van der Waals surface area contributed by atoms with Crippen LogP contribution in [0.25, 0.3) is 11.4 Å². The molecule has 0 radical (unpaired) electrons. The summed E-state index contributed by atoms with van der Waals surface area (Å²) in [6.45, 7) is 7.02. The van der Waals surface area contributed by atoms with E-state index in [-0.39, 0.29) is 11.7 Å². The lowest BCUT2D eigenvalue weighted by atomic mass is 10.1. The second kappa shape index (κ2) is 9.76. The van der Waals surface area contributed by atoms with Crippen molar-refractivity contribution in [3.8, 4) is 11.4 Å². The normalized spacial score (nSPS) is 10.7. The Bertz CT molecular complexity index is 1000. The number of carbonyl (C=O) groups excluding carboxylic acids is 1. The molecule has 1 aromatic heterocycles. The Balaban J connectivity index is 1.69. The van der Waals surface area contributed by atoms with Crippen LogP contribution in [0.4, 0.5) is 0 Å². The van der Waals surface area contributed by atoms with E-state index in [9.17, 15) is 4.79 Å². The molecule has 0 spiro atoms. The molecule has 0 atom stereocenters. The Morgan fingerprint density at radius 2 is 1.93 bits per heavy atom. The number of aryl methyl sites for hydroxylation is 1. The molecule has 1 heterocycles. The summed E-state index contributed by atoms with van der Waals surface area (Å²) in [6.07, 6.45) is 1.79. The van der Waals surface area contributed by atoms with Gasteiger partial charge in [0.1, 0.15) is 0 Å². The third kappa shape index (κ3) is 5.28. The zero-order valence-corrected chi connectivity index (χ0v) is 18.1. The van der Waals surface area contributed by atoms with E-state index in [1.54, 1.807) is 11.0 Å². The summed E-state index contributed by atoms with van der Waals surface area (Å²) < 4.78 is 1.95. The van der Waals surface area contributed by atoms with Gasteiger partial charge in [-0.15, -0.1) is 16.8 Å². The SMILES string of the molecule is C=CCn1c(SCC(=O)N(C)Cc2ccccc2C)nnc1-c1ccc(Cl)cc1. The fraction of sp³-hybridized carbons (Fsp3) is 0.227. The number of rotatable bonds is 8. The van der Waals surface area contributed by atoms with E-state index in [1.807, 2.05) is 54.1 Å². The van der Waals surface area contributed by atoms with E-state index >= 15 is 0 Å². The molecule has 3 aromatic rings. The molecule has 1 amide bonds. The maximum absolute atomic E-state index is 12.6. The highest BCUT2D eigenvalue weighted by atomic mass is 35.5. The van der Waals surface area contributed by atoms with Crippen molar-refractivity contribution in [2.75, 3.05) is 12.8 Å². The van der Waals surface area contributed by atoms with Gasteiger partial charge in [-0.2, -0.15) is 0 Å². The van der Waals surface area contributed by atoms with Gasteiger partial charge >= 0.3 is 0 Å². The predicted molar refractivity (Wildman–Crippen MR) is 119 cm³/mol. The van der Waals surface area contributed by atoms with Crippen LogP contribution in [0.3, 0.4) is 0 Å². The highest BCUT2D eigenvalue weighted by Gasteiger charge is 2.17. The Kier molecular flexibility index (Phi) is 7.12. The summed E-state index contributed by atoms with van der Waals surface area (Å²) in [6, 6.07) is 15.5. The molecule has 0 N–H and O–H groups in total. The molecular weight excluding hydrogens is 404 g/mol. The number of aromatic nitrogens is 3. The van der Waals surface area contributed by atoms with Crippen molar-refractivity contribution >= 4 is 29.3 Å². The third-order valence-corrected chi connectivity index (χ3v) is 5.75. The van der Waals surface area contributed by atoms with Gasteiger partial charge in [0.2, 0.25) is 5.91 Å². The lowest BCUT2D eigenvalue weighted by Gasteiger charge is -2.18. The van der Waals surface area contributed by atoms with E-state index in [4.69, 9.17) is 11.6 Å². The predicted octanol–water partition coefficient (Wildman–Crippen LogP) is 4.84. The molecule has 7 heteroatoms. The van der Waals surface area contributed by atoms with E-state index in [2.05, 4.69) is 29.8 Å². The minimum atomic E-state index is 0.0412. The quantitative estimate of drug-likeness (QED) is 0.382. The van der Waals surface area contributed by atoms with Crippen molar-refractivity contribution < 1.29 is 4.79 Å². The first-order valence-corrected chi connectivity index (χ1v) is 10.6. The highest BCUT2D eigenvalue weighted by molar-refractivity contribution is 7.99. The Hall–Kier alpha value is -2.57.